The molecule has 1 saturated carbocycles. The summed E-state index contributed by atoms with van der Waals surface area (Å²) in [5.41, 5.74) is 13.8. The van der Waals surface area contributed by atoms with Gasteiger partial charge in [-0.1, -0.05) is 0 Å². The third kappa shape index (κ3) is 4.01. The molecule has 0 amide bonds. The summed E-state index contributed by atoms with van der Waals surface area (Å²) in [4.78, 5) is 0. The van der Waals surface area contributed by atoms with Crippen molar-refractivity contribution in [1.82, 2.24) is 0 Å². The van der Waals surface area contributed by atoms with Gasteiger partial charge in [-0.25, -0.2) is 0 Å². The minimum absolute atomic E-state index is 0.400. The summed E-state index contributed by atoms with van der Waals surface area (Å²) >= 11 is 2.91. The van der Waals surface area contributed by atoms with E-state index >= 15 is 0 Å². The predicted octanol–water partition coefficient (Wildman–Crippen LogP) is 0.582. The molecule has 4 heteroatoms. The molecule has 2 unspecified atom stereocenters. The molecule has 0 saturated heterocycles. The van der Waals surface area contributed by atoms with Crippen molar-refractivity contribution >= 4 is 58.8 Å². The average molecular weight is 747 g/mol. The number of hydrogen-bond acceptors (Lipinski definition) is 1. The van der Waals surface area contributed by atoms with Crippen LogP contribution in [0.1, 0.15) is 40.2 Å². The second-order valence-corrected chi connectivity index (χ2v) is 14.6. The third-order valence-corrected chi connectivity index (χ3v) is 26.5. The topological polar surface area (TPSA) is 26.0 Å². The Bertz CT molecular complexity index is 715. The summed E-state index contributed by atoms with van der Waals surface area (Å²) in [6.07, 6.45) is 2.29. The van der Waals surface area contributed by atoms with E-state index in [1.807, 2.05) is 19.2 Å². The van der Waals surface area contributed by atoms with Crippen molar-refractivity contribution in [2.75, 3.05) is 0 Å². The second-order valence-electron chi connectivity index (χ2n) is 6.72. The molecule has 1 aliphatic carbocycles. The van der Waals surface area contributed by atoms with Gasteiger partial charge in [-0.15, -0.1) is 0 Å². The third-order valence-electron chi connectivity index (χ3n) is 5.33. The first-order valence-electron chi connectivity index (χ1n) is 7.99. The summed E-state index contributed by atoms with van der Waals surface area (Å²) < 4.78 is 5.15. The predicted molar refractivity (Wildman–Crippen MR) is 86.5 cm³/mol. The maximum absolute atomic E-state index is 6.02. The van der Waals surface area contributed by atoms with Crippen molar-refractivity contribution in [2.45, 2.75) is 38.6 Å². The number of hydrogen-bond donors (Lipinski definition) is 1. The fourth-order valence-electron chi connectivity index (χ4n) is 3.29. The van der Waals surface area contributed by atoms with Gasteiger partial charge in [-0.2, -0.15) is 0 Å². The molecular weight excluding hydrogens is 728 g/mol. The Kier molecular flexibility index (Phi) is 6.88. The van der Waals surface area contributed by atoms with E-state index < -0.39 is 0 Å². The van der Waals surface area contributed by atoms with E-state index in [1.165, 1.54) is 17.5 Å². The molecule has 3 rings (SSSR count). The van der Waals surface area contributed by atoms with Crippen LogP contribution in [0.2, 0.25) is 0 Å². The molecule has 0 heterocycles. The van der Waals surface area contributed by atoms with Crippen molar-refractivity contribution in [1.29, 1.82) is 0 Å². The molecule has 0 aromatic heterocycles. The van der Waals surface area contributed by atoms with Crippen LogP contribution in [0.5, 0.6) is 0 Å². The van der Waals surface area contributed by atoms with Gasteiger partial charge in [0.25, 0.3) is 0 Å². The molecule has 22 heavy (non-hydrogen) atoms. The zero-order valence-electron chi connectivity index (χ0n) is 13.8. The van der Waals surface area contributed by atoms with Gasteiger partial charge in [0.15, 0.2) is 0 Å². The van der Waals surface area contributed by atoms with Crippen LogP contribution >= 0.6 is 0 Å². The van der Waals surface area contributed by atoms with Crippen LogP contribution in [0.3, 0.4) is 0 Å². The molecule has 1 fully saturated rings. The molecule has 2 N–H and O–H groups in total. The van der Waals surface area contributed by atoms with E-state index in [9.17, 15) is 0 Å². The maximum atomic E-state index is 6.02. The van der Waals surface area contributed by atoms with E-state index in [0.717, 1.165) is 6.42 Å². The van der Waals surface area contributed by atoms with Gasteiger partial charge in [0.05, 0.1) is 0 Å². The van der Waals surface area contributed by atoms with Gasteiger partial charge in [0, 0.05) is 0 Å². The standard InChI is InChI=1S/C18H18N.Ra.Rb.Re.H/c1-12-6-7-15(8-13(12)2)9-14-4-3-5-16(10-14)17-11-18(17)19;;;;/h3-5,10,17-18H,9,11,19H2,1-2H3;;;;. The molecule has 2 aromatic rings. The molecule has 2 atom stereocenters. The van der Waals surface area contributed by atoms with Crippen molar-refractivity contribution in [3.63, 3.8) is 0 Å². The molecule has 0 radical (unpaired) electrons. The van der Waals surface area contributed by atoms with Crippen LogP contribution < -0.4 is 9.01 Å². The van der Waals surface area contributed by atoms with E-state index in [1.54, 1.807) is 20.0 Å². The first kappa shape index (κ1) is 19.1. The summed E-state index contributed by atoms with van der Waals surface area (Å²) in [6, 6.07) is 9.59. The fraction of sp³-hybridized carbons (Fsp3) is 0.333. The van der Waals surface area contributed by atoms with Crippen molar-refractivity contribution in [2.24, 2.45) is 5.73 Å². The van der Waals surface area contributed by atoms with Crippen LogP contribution in [-0.2, 0) is 25.6 Å². The molecule has 1 nitrogen and oxygen atoms in total. The van der Waals surface area contributed by atoms with Crippen LogP contribution in [0.15, 0.2) is 24.3 Å². The van der Waals surface area contributed by atoms with Gasteiger partial charge >= 0.3 is 217 Å². The Morgan fingerprint density at radius 3 is 2.64 bits per heavy atom. The van der Waals surface area contributed by atoms with Crippen LogP contribution in [-0.4, -0.2) is 61.6 Å². The molecule has 0 spiro atoms. The normalized spacial score (nSPS) is 20.2. The van der Waals surface area contributed by atoms with E-state index in [0.29, 0.717) is 110 Å². The Balaban J connectivity index is 1.97. The van der Waals surface area contributed by atoms with E-state index in [4.69, 9.17) is 5.73 Å². The van der Waals surface area contributed by atoms with E-state index in [-0.39, 0.29) is 0 Å². The first-order chi connectivity index (χ1) is 10.4. The van der Waals surface area contributed by atoms with Gasteiger partial charge in [0.2, 0.25) is 0 Å². The van der Waals surface area contributed by atoms with Gasteiger partial charge < -0.3 is 0 Å². The van der Waals surface area contributed by atoms with E-state index in [2.05, 4.69) is 38.1 Å². The van der Waals surface area contributed by atoms with Gasteiger partial charge in [-0.05, 0) is 0 Å². The number of rotatable bonds is 3. The van der Waals surface area contributed by atoms with Crippen LogP contribution in [0, 0.1) is 56.6 Å². The number of nitrogens with two attached hydrogens (primary N) is 1. The van der Waals surface area contributed by atoms with Gasteiger partial charge in [0.1, 0.15) is 0 Å². The van der Waals surface area contributed by atoms with Crippen molar-refractivity contribution < 1.29 is 62.0 Å². The molecule has 2 aromatic carbocycles. The van der Waals surface area contributed by atoms with Crippen LogP contribution in [0.25, 0.3) is 0 Å². The Morgan fingerprint density at radius 2 is 2.00 bits per heavy atom. The first-order valence-corrected chi connectivity index (χ1v) is 15.9. The Labute approximate surface area is 212 Å². The average Bonchev–Trinajstić information content (AvgIpc) is 3.25. The van der Waals surface area contributed by atoms with Crippen LogP contribution in [0.4, 0.5) is 0 Å². The summed E-state index contributed by atoms with van der Waals surface area (Å²) in [5, 5.41) is 0. The zero-order chi connectivity index (χ0) is 16.0. The monoisotopic (exact) mass is 747 g/mol. The zero-order valence-corrected chi connectivity index (χ0v) is 29.7. The Hall–Kier alpha value is 2.34. The Morgan fingerprint density at radius 1 is 1.32 bits per heavy atom. The fourth-order valence-corrected chi connectivity index (χ4v) is 12.2. The summed E-state index contributed by atoms with van der Waals surface area (Å²) in [7, 11) is 0. The minimum atomic E-state index is 0.400. The SMILES string of the molecule is Cc1c(C)[c]([Re])c(Cc2cccc(C3CC3N)c2)[c]([RaH])[c]1[Rb]. The molecule has 106 valence electrons. The quantitative estimate of drug-likeness (QED) is 0.490. The number of benzene rings is 2. The second kappa shape index (κ2) is 7.92. The summed E-state index contributed by atoms with van der Waals surface area (Å²) in [6.45, 7) is 4.66. The molecule has 0 bridgehead atoms. The molecular formula is C18H19NRaRbRe. The van der Waals surface area contributed by atoms with Gasteiger partial charge in [-0.3, -0.25) is 0 Å². The molecule has 1 aliphatic rings. The molecule has 0 aliphatic heterocycles. The summed E-state index contributed by atoms with van der Waals surface area (Å²) in [5.74, 6) is 0.615. The van der Waals surface area contributed by atoms with Crippen molar-refractivity contribution in [3.05, 3.63) is 52.1 Å². The van der Waals surface area contributed by atoms with Crippen molar-refractivity contribution in [3.8, 4) is 0 Å².